The Morgan fingerprint density at radius 3 is 2.88 bits per heavy atom. The predicted octanol–water partition coefficient (Wildman–Crippen LogP) is 1.32. The summed E-state index contributed by atoms with van der Waals surface area (Å²) in [6.45, 7) is 3.42. The number of imidazole rings is 1. The minimum Gasteiger partial charge on any atom is -0.379 e. The molecule has 1 fully saturated rings. The summed E-state index contributed by atoms with van der Waals surface area (Å²) in [6, 6.07) is 6.26. The van der Waals surface area contributed by atoms with Gasteiger partial charge in [0.2, 0.25) is 0 Å². The third-order valence-corrected chi connectivity index (χ3v) is 3.59. The van der Waals surface area contributed by atoms with Crippen molar-refractivity contribution in [3.05, 3.63) is 29.6 Å². The molecular weight excluding hydrogens is 214 g/mol. The fourth-order valence-corrected chi connectivity index (χ4v) is 2.65. The lowest BCUT2D eigenvalue weighted by Crippen LogP contribution is -2.28. The lowest BCUT2D eigenvalue weighted by atomic mass is 10.0. The number of hydrogen-bond acceptors (Lipinski definition) is 3. The van der Waals surface area contributed by atoms with Crippen LogP contribution in [0.5, 0.6) is 0 Å². The van der Waals surface area contributed by atoms with E-state index in [9.17, 15) is 0 Å². The maximum Gasteiger partial charge on any atom is 0.116 e. The minimum atomic E-state index is 0.0609. The van der Waals surface area contributed by atoms with Gasteiger partial charge in [-0.05, 0) is 18.6 Å². The minimum absolute atomic E-state index is 0.0609. The van der Waals surface area contributed by atoms with Gasteiger partial charge in [0.25, 0.3) is 0 Å². The number of fused-ring (bicyclic) bond motifs is 1. The van der Waals surface area contributed by atoms with Crippen molar-refractivity contribution in [3.63, 3.8) is 0 Å². The van der Waals surface area contributed by atoms with Crippen molar-refractivity contribution in [3.8, 4) is 0 Å². The van der Waals surface area contributed by atoms with E-state index < -0.39 is 0 Å². The van der Waals surface area contributed by atoms with Crippen LogP contribution in [0, 0.1) is 6.92 Å². The molecule has 0 spiro atoms. The first-order valence-electron chi connectivity index (χ1n) is 5.93. The summed E-state index contributed by atoms with van der Waals surface area (Å²) in [5.41, 5.74) is 9.55. The topological polar surface area (TPSA) is 53.1 Å². The van der Waals surface area contributed by atoms with Gasteiger partial charge >= 0.3 is 0 Å². The molecule has 1 aliphatic heterocycles. The van der Waals surface area contributed by atoms with Crippen molar-refractivity contribution >= 4 is 11.0 Å². The van der Waals surface area contributed by atoms with Gasteiger partial charge in [0.1, 0.15) is 5.82 Å². The average molecular weight is 231 g/mol. The Morgan fingerprint density at radius 1 is 1.41 bits per heavy atom. The fourth-order valence-electron chi connectivity index (χ4n) is 2.65. The normalized spacial score (nSPS) is 24.6. The molecule has 2 aromatic rings. The number of benzene rings is 1. The van der Waals surface area contributed by atoms with Crippen LogP contribution in [0.3, 0.4) is 0 Å². The lowest BCUT2D eigenvalue weighted by molar-refractivity contribution is 0.190. The van der Waals surface area contributed by atoms with Crippen molar-refractivity contribution in [1.29, 1.82) is 0 Å². The third-order valence-electron chi connectivity index (χ3n) is 3.59. The fraction of sp³-hybridized carbons (Fsp3) is 0.462. The second kappa shape index (κ2) is 3.82. The second-order valence-corrected chi connectivity index (χ2v) is 4.78. The molecule has 1 aliphatic rings. The van der Waals surface area contributed by atoms with Crippen molar-refractivity contribution in [2.45, 2.75) is 18.9 Å². The molecule has 2 heterocycles. The van der Waals surface area contributed by atoms with Crippen LogP contribution in [-0.2, 0) is 11.8 Å². The first-order chi connectivity index (χ1) is 8.18. The van der Waals surface area contributed by atoms with Gasteiger partial charge in [-0.2, -0.15) is 0 Å². The van der Waals surface area contributed by atoms with Crippen LogP contribution in [0.2, 0.25) is 0 Å². The Kier molecular flexibility index (Phi) is 2.42. The number of para-hydroxylation sites is 1. The van der Waals surface area contributed by atoms with Gasteiger partial charge in [-0.15, -0.1) is 0 Å². The quantitative estimate of drug-likeness (QED) is 0.805. The zero-order valence-corrected chi connectivity index (χ0v) is 10.2. The molecule has 2 unspecified atom stereocenters. The van der Waals surface area contributed by atoms with E-state index in [0.29, 0.717) is 13.2 Å². The highest BCUT2D eigenvalue weighted by molar-refractivity contribution is 5.79. The zero-order valence-electron chi connectivity index (χ0n) is 10.2. The van der Waals surface area contributed by atoms with Crippen LogP contribution >= 0.6 is 0 Å². The average Bonchev–Trinajstić information content (AvgIpc) is 2.84. The molecule has 1 aromatic carbocycles. The van der Waals surface area contributed by atoms with Crippen molar-refractivity contribution in [2.75, 3.05) is 13.2 Å². The molecule has 0 amide bonds. The van der Waals surface area contributed by atoms with E-state index in [1.807, 2.05) is 12.1 Å². The van der Waals surface area contributed by atoms with Crippen molar-refractivity contribution < 1.29 is 4.74 Å². The molecule has 2 atom stereocenters. The van der Waals surface area contributed by atoms with Crippen molar-refractivity contribution in [2.24, 2.45) is 12.8 Å². The molecule has 0 bridgehead atoms. The number of aryl methyl sites for hydroxylation is 2. The molecule has 4 heteroatoms. The standard InChI is InChI=1S/C13H17N3O/c1-8-4-3-5-11-12(8)16(2)13(15-11)9-6-17-7-10(9)14/h3-5,9-10H,6-7,14H2,1-2H3. The number of hydrogen-bond donors (Lipinski definition) is 1. The summed E-state index contributed by atoms with van der Waals surface area (Å²) in [7, 11) is 2.06. The Hall–Kier alpha value is -1.39. The first-order valence-corrected chi connectivity index (χ1v) is 5.93. The van der Waals surface area contributed by atoms with E-state index in [-0.39, 0.29) is 12.0 Å². The first kappa shape index (κ1) is 10.7. The maximum atomic E-state index is 6.06. The number of rotatable bonds is 1. The molecule has 1 aromatic heterocycles. The van der Waals surface area contributed by atoms with Gasteiger partial charge in [0.15, 0.2) is 0 Å². The van der Waals surface area contributed by atoms with Crippen LogP contribution < -0.4 is 5.73 Å². The van der Waals surface area contributed by atoms with Gasteiger partial charge in [-0.1, -0.05) is 12.1 Å². The number of aromatic nitrogens is 2. The van der Waals surface area contributed by atoms with E-state index in [4.69, 9.17) is 15.5 Å². The van der Waals surface area contributed by atoms with Crippen molar-refractivity contribution in [1.82, 2.24) is 9.55 Å². The summed E-state index contributed by atoms with van der Waals surface area (Å²) in [6.07, 6.45) is 0. The SMILES string of the molecule is Cc1cccc2nc(C3COCC3N)n(C)c12. The Labute approximate surface area is 100 Å². The molecule has 0 radical (unpaired) electrons. The Bertz CT molecular complexity index is 561. The molecule has 2 N–H and O–H groups in total. The monoisotopic (exact) mass is 231 g/mol. The molecule has 1 saturated heterocycles. The summed E-state index contributed by atoms with van der Waals surface area (Å²) in [5.74, 6) is 1.26. The maximum absolute atomic E-state index is 6.06. The van der Waals surface area contributed by atoms with Crippen LogP contribution in [0.25, 0.3) is 11.0 Å². The lowest BCUT2D eigenvalue weighted by Gasteiger charge is -2.13. The number of nitrogens with two attached hydrogens (primary N) is 1. The molecule has 0 saturated carbocycles. The van der Waals surface area contributed by atoms with Crippen LogP contribution in [-0.4, -0.2) is 28.8 Å². The zero-order chi connectivity index (χ0) is 12.0. The molecule has 3 rings (SSSR count). The Morgan fingerprint density at radius 2 is 2.24 bits per heavy atom. The highest BCUT2D eigenvalue weighted by atomic mass is 16.5. The van der Waals surface area contributed by atoms with E-state index in [1.54, 1.807) is 0 Å². The van der Waals surface area contributed by atoms with E-state index in [2.05, 4.69) is 24.6 Å². The van der Waals surface area contributed by atoms with Gasteiger partial charge in [0.05, 0.1) is 30.2 Å². The highest BCUT2D eigenvalue weighted by Crippen LogP contribution is 2.27. The van der Waals surface area contributed by atoms with E-state index in [0.717, 1.165) is 11.3 Å². The molecular formula is C13H17N3O. The van der Waals surface area contributed by atoms with Crippen LogP contribution in [0.15, 0.2) is 18.2 Å². The summed E-state index contributed by atoms with van der Waals surface area (Å²) in [4.78, 5) is 4.71. The highest BCUT2D eigenvalue weighted by Gasteiger charge is 2.30. The second-order valence-electron chi connectivity index (χ2n) is 4.78. The third kappa shape index (κ3) is 1.56. The van der Waals surface area contributed by atoms with Crippen LogP contribution in [0.4, 0.5) is 0 Å². The van der Waals surface area contributed by atoms with Gasteiger partial charge in [0, 0.05) is 13.1 Å². The molecule has 90 valence electrons. The summed E-state index contributed by atoms with van der Waals surface area (Å²) >= 11 is 0. The largest absolute Gasteiger partial charge is 0.379 e. The molecule has 4 nitrogen and oxygen atoms in total. The molecule has 0 aliphatic carbocycles. The Balaban J connectivity index is 2.18. The predicted molar refractivity (Wildman–Crippen MR) is 67.0 cm³/mol. The smallest absolute Gasteiger partial charge is 0.116 e. The molecule has 17 heavy (non-hydrogen) atoms. The van der Waals surface area contributed by atoms with Gasteiger partial charge in [-0.25, -0.2) is 4.98 Å². The van der Waals surface area contributed by atoms with E-state index >= 15 is 0 Å². The van der Waals surface area contributed by atoms with E-state index in [1.165, 1.54) is 11.1 Å². The summed E-state index contributed by atoms with van der Waals surface area (Å²) < 4.78 is 7.58. The number of nitrogens with zero attached hydrogens (tertiary/aromatic N) is 2. The summed E-state index contributed by atoms with van der Waals surface area (Å²) in [5, 5.41) is 0. The van der Waals surface area contributed by atoms with Gasteiger partial charge in [-0.3, -0.25) is 0 Å². The number of ether oxygens (including phenoxy) is 1. The van der Waals surface area contributed by atoms with Crippen LogP contribution in [0.1, 0.15) is 17.3 Å². The van der Waals surface area contributed by atoms with Gasteiger partial charge < -0.3 is 15.0 Å².